The molecule has 3 rings (SSSR count). The average molecular weight is 279 g/mol. The Morgan fingerprint density at radius 2 is 1.38 bits per heavy atom. The van der Waals surface area contributed by atoms with E-state index in [2.05, 4.69) is 53.4 Å². The van der Waals surface area contributed by atoms with E-state index in [0.29, 0.717) is 5.78 Å². The van der Waals surface area contributed by atoms with Gasteiger partial charge in [0.05, 0.1) is 0 Å². The first kappa shape index (κ1) is 14.0. The maximum atomic E-state index is 11.6. The molecule has 0 spiro atoms. The lowest BCUT2D eigenvalue weighted by Crippen LogP contribution is -2.37. The minimum Gasteiger partial charge on any atom is -0.299 e. The molecule has 2 aromatic rings. The number of hydrogen-bond acceptors (Lipinski definition) is 2. The highest BCUT2D eigenvalue weighted by Gasteiger charge is 2.29. The van der Waals surface area contributed by atoms with Crippen molar-refractivity contribution in [2.45, 2.75) is 25.9 Å². The highest BCUT2D eigenvalue weighted by atomic mass is 16.1. The molecule has 0 aliphatic heterocycles. The van der Waals surface area contributed by atoms with Gasteiger partial charge in [-0.15, -0.1) is 0 Å². The molecule has 1 fully saturated rings. The molecule has 1 saturated carbocycles. The Balaban J connectivity index is 1.69. The minimum absolute atomic E-state index is 0.248. The Labute approximate surface area is 126 Å². The Morgan fingerprint density at radius 3 is 1.76 bits per heavy atom. The molecule has 0 saturated heterocycles. The summed E-state index contributed by atoms with van der Waals surface area (Å²) in [6, 6.07) is 21.0. The molecule has 0 radical (unpaired) electrons. The number of Topliss-reactive ketones (excluding diaryl/α,β-unsaturated/α-hetero) is 1. The van der Waals surface area contributed by atoms with Crippen molar-refractivity contribution < 1.29 is 4.79 Å². The molecule has 0 amide bonds. The number of hydrogen-bond donors (Lipinski definition) is 0. The summed E-state index contributed by atoms with van der Waals surface area (Å²) >= 11 is 0. The third-order valence-corrected chi connectivity index (χ3v) is 4.17. The maximum Gasteiger partial charge on any atom is 0.137 e. The number of carbonyl (C=O) groups is 1. The molecule has 0 bridgehead atoms. The lowest BCUT2D eigenvalue weighted by atomic mass is 9.83. The van der Waals surface area contributed by atoms with Crippen molar-refractivity contribution in [2.24, 2.45) is 5.92 Å². The summed E-state index contributed by atoms with van der Waals surface area (Å²) in [6.45, 7) is 2.68. The van der Waals surface area contributed by atoms with Crippen LogP contribution in [0.2, 0.25) is 0 Å². The molecule has 1 aliphatic carbocycles. The molecule has 1 atom stereocenters. The van der Waals surface area contributed by atoms with Crippen LogP contribution in [0, 0.1) is 5.92 Å². The predicted molar refractivity (Wildman–Crippen MR) is 84.7 cm³/mol. The van der Waals surface area contributed by atoms with Crippen molar-refractivity contribution in [3.05, 3.63) is 71.8 Å². The lowest BCUT2D eigenvalue weighted by molar-refractivity contribution is -0.130. The Kier molecular flexibility index (Phi) is 4.46. The Hall–Kier alpha value is -1.93. The Bertz CT molecular complexity index is 538. The van der Waals surface area contributed by atoms with Gasteiger partial charge in [-0.25, -0.2) is 0 Å². The van der Waals surface area contributed by atoms with Gasteiger partial charge < -0.3 is 0 Å². The van der Waals surface area contributed by atoms with E-state index in [1.807, 2.05) is 12.1 Å². The standard InChI is InChI=1S/C19H21NO/c21-19-12-11-18(19)15-20(13-16-7-3-1-4-8-16)14-17-9-5-2-6-10-17/h1-10,18H,11-15H2/t18-/m1/s1. The summed E-state index contributed by atoms with van der Waals surface area (Å²) < 4.78 is 0. The van der Waals surface area contributed by atoms with Crippen LogP contribution in [0.1, 0.15) is 24.0 Å². The van der Waals surface area contributed by atoms with Gasteiger partial charge >= 0.3 is 0 Å². The average Bonchev–Trinajstić information content (AvgIpc) is 2.53. The second-order valence-electron chi connectivity index (χ2n) is 5.84. The first-order chi connectivity index (χ1) is 10.3. The second kappa shape index (κ2) is 6.68. The van der Waals surface area contributed by atoms with E-state index in [9.17, 15) is 4.79 Å². The molecule has 0 N–H and O–H groups in total. The van der Waals surface area contributed by atoms with E-state index in [-0.39, 0.29) is 5.92 Å². The molecule has 1 aliphatic rings. The third kappa shape index (κ3) is 3.79. The van der Waals surface area contributed by atoms with Gasteiger partial charge in [0.2, 0.25) is 0 Å². The monoisotopic (exact) mass is 279 g/mol. The second-order valence-corrected chi connectivity index (χ2v) is 5.84. The van der Waals surface area contributed by atoms with Crippen LogP contribution in [0.3, 0.4) is 0 Å². The van der Waals surface area contributed by atoms with Crippen LogP contribution >= 0.6 is 0 Å². The summed E-state index contributed by atoms with van der Waals surface area (Å²) in [6.07, 6.45) is 1.83. The van der Waals surface area contributed by atoms with E-state index >= 15 is 0 Å². The Morgan fingerprint density at radius 1 is 0.857 bits per heavy atom. The molecule has 0 heterocycles. The van der Waals surface area contributed by atoms with Crippen LogP contribution < -0.4 is 0 Å². The summed E-state index contributed by atoms with van der Waals surface area (Å²) in [5.41, 5.74) is 2.61. The van der Waals surface area contributed by atoms with Gasteiger partial charge in [0.15, 0.2) is 0 Å². The number of nitrogens with zero attached hydrogens (tertiary/aromatic N) is 1. The molecule has 21 heavy (non-hydrogen) atoms. The molecule has 2 nitrogen and oxygen atoms in total. The topological polar surface area (TPSA) is 20.3 Å². The van der Waals surface area contributed by atoms with E-state index < -0.39 is 0 Å². The van der Waals surface area contributed by atoms with Crippen LogP contribution in [0.25, 0.3) is 0 Å². The molecule has 2 heteroatoms. The predicted octanol–water partition coefficient (Wildman–Crippen LogP) is 3.67. The van der Waals surface area contributed by atoms with Gasteiger partial charge in [0.25, 0.3) is 0 Å². The van der Waals surface area contributed by atoms with Gasteiger partial charge in [-0.05, 0) is 17.5 Å². The smallest absolute Gasteiger partial charge is 0.137 e. The zero-order valence-corrected chi connectivity index (χ0v) is 12.2. The summed E-state index contributed by atoms with van der Waals surface area (Å²) in [7, 11) is 0. The van der Waals surface area contributed by atoms with Gasteiger partial charge in [0, 0.05) is 32.0 Å². The number of carbonyl (C=O) groups excluding carboxylic acids is 1. The van der Waals surface area contributed by atoms with Gasteiger partial charge in [-0.1, -0.05) is 60.7 Å². The van der Waals surface area contributed by atoms with Crippen molar-refractivity contribution in [1.82, 2.24) is 4.90 Å². The first-order valence-electron chi connectivity index (χ1n) is 7.64. The van der Waals surface area contributed by atoms with Crippen LogP contribution in [-0.2, 0) is 17.9 Å². The van der Waals surface area contributed by atoms with Crippen LogP contribution in [0.4, 0.5) is 0 Å². The zero-order chi connectivity index (χ0) is 14.5. The molecule has 108 valence electrons. The zero-order valence-electron chi connectivity index (χ0n) is 12.2. The molecular formula is C19H21NO. The lowest BCUT2D eigenvalue weighted by Gasteiger charge is -2.31. The van der Waals surface area contributed by atoms with Crippen molar-refractivity contribution in [1.29, 1.82) is 0 Å². The maximum absolute atomic E-state index is 11.6. The quantitative estimate of drug-likeness (QED) is 0.804. The molecular weight excluding hydrogens is 258 g/mol. The summed E-state index contributed by atoms with van der Waals surface area (Å²) in [5.74, 6) is 0.679. The molecule has 0 unspecified atom stereocenters. The fourth-order valence-electron chi connectivity index (χ4n) is 2.84. The van der Waals surface area contributed by atoms with Crippen molar-refractivity contribution >= 4 is 5.78 Å². The van der Waals surface area contributed by atoms with Gasteiger partial charge in [0.1, 0.15) is 5.78 Å². The summed E-state index contributed by atoms with van der Waals surface area (Å²) in [4.78, 5) is 14.0. The van der Waals surface area contributed by atoms with Crippen LogP contribution in [0.15, 0.2) is 60.7 Å². The van der Waals surface area contributed by atoms with Gasteiger partial charge in [-0.3, -0.25) is 9.69 Å². The minimum atomic E-state index is 0.248. The fourth-order valence-corrected chi connectivity index (χ4v) is 2.84. The van der Waals surface area contributed by atoms with E-state index in [4.69, 9.17) is 0 Å². The number of rotatable bonds is 6. The highest BCUT2D eigenvalue weighted by Crippen LogP contribution is 2.24. The highest BCUT2D eigenvalue weighted by molar-refractivity contribution is 5.86. The van der Waals surface area contributed by atoms with Crippen molar-refractivity contribution in [3.63, 3.8) is 0 Å². The number of benzene rings is 2. The van der Waals surface area contributed by atoms with Crippen LogP contribution in [0.5, 0.6) is 0 Å². The fraction of sp³-hybridized carbons (Fsp3) is 0.316. The van der Waals surface area contributed by atoms with Crippen LogP contribution in [-0.4, -0.2) is 17.2 Å². The number of ketones is 1. The van der Waals surface area contributed by atoms with Crippen molar-refractivity contribution in [2.75, 3.05) is 6.54 Å². The molecule has 2 aromatic carbocycles. The van der Waals surface area contributed by atoms with E-state index in [0.717, 1.165) is 32.5 Å². The SMILES string of the molecule is O=C1CC[C@@H]1CN(Cc1ccccc1)Cc1ccccc1. The normalized spacial score (nSPS) is 17.8. The summed E-state index contributed by atoms with van der Waals surface area (Å²) in [5, 5.41) is 0. The van der Waals surface area contributed by atoms with E-state index in [1.54, 1.807) is 0 Å². The van der Waals surface area contributed by atoms with Crippen molar-refractivity contribution in [3.8, 4) is 0 Å². The largest absolute Gasteiger partial charge is 0.299 e. The van der Waals surface area contributed by atoms with Gasteiger partial charge in [-0.2, -0.15) is 0 Å². The first-order valence-corrected chi connectivity index (χ1v) is 7.64. The van der Waals surface area contributed by atoms with E-state index in [1.165, 1.54) is 11.1 Å². The third-order valence-electron chi connectivity index (χ3n) is 4.17. The molecule has 0 aromatic heterocycles.